The average Bonchev–Trinajstić information content (AvgIpc) is 2.15. The normalized spacial score (nSPS) is 11.4. The molecule has 0 saturated heterocycles. The van der Waals surface area contributed by atoms with Crippen LogP contribution in [0.15, 0.2) is 11.1 Å². The minimum Gasteiger partial charge on any atom is -0.383 e. The lowest BCUT2D eigenvalue weighted by molar-refractivity contribution is 0.147. The zero-order chi connectivity index (χ0) is 12.5. The average molecular weight is 268 g/mol. The van der Waals surface area contributed by atoms with Crippen molar-refractivity contribution in [2.75, 3.05) is 5.73 Å². The van der Waals surface area contributed by atoms with Crippen molar-refractivity contribution in [1.82, 2.24) is 4.98 Å². The van der Waals surface area contributed by atoms with Crippen LogP contribution in [0, 0.1) is 11.3 Å². The van der Waals surface area contributed by atoms with Crippen LogP contribution in [0.5, 0.6) is 0 Å². The fraction of sp³-hybridized carbons (Fsp3) is 0.143. The number of nitriles is 1. The second-order valence-corrected chi connectivity index (χ2v) is 5.15. The molecule has 0 aliphatic carbocycles. The van der Waals surface area contributed by atoms with Crippen molar-refractivity contribution in [2.24, 2.45) is 0 Å². The third kappa shape index (κ3) is 2.20. The number of halogens is 3. The van der Waals surface area contributed by atoms with Gasteiger partial charge in [0.05, 0.1) is 11.1 Å². The van der Waals surface area contributed by atoms with Gasteiger partial charge in [-0.15, -0.1) is 0 Å². The van der Waals surface area contributed by atoms with Crippen LogP contribution in [0.1, 0.15) is 17.6 Å². The maximum atomic E-state index is 12.6. The summed E-state index contributed by atoms with van der Waals surface area (Å²) in [6.07, 6.45) is -2.42. The van der Waals surface area contributed by atoms with E-state index in [1.807, 2.05) is 0 Å². The molecule has 1 rings (SSSR count). The van der Waals surface area contributed by atoms with Gasteiger partial charge in [0, 0.05) is 16.9 Å². The van der Waals surface area contributed by atoms with Gasteiger partial charge in [0.2, 0.25) is 0 Å². The van der Waals surface area contributed by atoms with Gasteiger partial charge in [-0.2, -0.15) is 5.26 Å². The van der Waals surface area contributed by atoms with E-state index < -0.39 is 37.3 Å². The van der Waals surface area contributed by atoms with Crippen LogP contribution in [0.3, 0.4) is 0 Å². The van der Waals surface area contributed by atoms with Crippen molar-refractivity contribution < 1.29 is 17.2 Å². The Bertz CT molecular complexity index is 568. The molecular formula is C7H4ClF2N3O2S. The zero-order valence-corrected chi connectivity index (χ0v) is 9.06. The smallest absolute Gasteiger partial charge is 0.266 e. The Morgan fingerprint density at radius 1 is 1.56 bits per heavy atom. The highest BCUT2D eigenvalue weighted by atomic mass is 35.7. The van der Waals surface area contributed by atoms with Crippen molar-refractivity contribution >= 4 is 25.6 Å². The Labute approximate surface area is 93.9 Å². The highest BCUT2D eigenvalue weighted by molar-refractivity contribution is 8.13. The Morgan fingerprint density at radius 3 is 2.50 bits per heavy atom. The van der Waals surface area contributed by atoms with Crippen LogP contribution < -0.4 is 5.73 Å². The molecule has 2 N–H and O–H groups in total. The number of hydrogen-bond acceptors (Lipinski definition) is 5. The lowest BCUT2D eigenvalue weighted by atomic mass is 10.1. The lowest BCUT2D eigenvalue weighted by Crippen LogP contribution is -2.08. The predicted molar refractivity (Wildman–Crippen MR) is 51.4 cm³/mol. The van der Waals surface area contributed by atoms with E-state index in [0.29, 0.717) is 0 Å². The molecule has 86 valence electrons. The number of pyridine rings is 1. The number of aromatic nitrogens is 1. The van der Waals surface area contributed by atoms with Gasteiger partial charge in [0.25, 0.3) is 15.5 Å². The number of alkyl halides is 2. The number of nitrogens with two attached hydrogens (primary N) is 1. The van der Waals surface area contributed by atoms with Crippen molar-refractivity contribution in [1.29, 1.82) is 5.26 Å². The van der Waals surface area contributed by atoms with Gasteiger partial charge >= 0.3 is 0 Å². The van der Waals surface area contributed by atoms with Crippen LogP contribution in [0.4, 0.5) is 14.6 Å². The van der Waals surface area contributed by atoms with E-state index in [-0.39, 0.29) is 0 Å². The van der Waals surface area contributed by atoms with E-state index in [1.54, 1.807) is 0 Å². The van der Waals surface area contributed by atoms with Crippen molar-refractivity contribution in [3.8, 4) is 6.07 Å². The standard InChI is InChI=1S/C7H4ClF2N3O2S/c8-16(14,15)5-4(6(9)10)3(1-11)2-13-7(5)12/h2,6H,(H2,12,13). The maximum Gasteiger partial charge on any atom is 0.266 e. The zero-order valence-electron chi connectivity index (χ0n) is 7.49. The molecule has 0 amide bonds. The molecular weight excluding hydrogens is 264 g/mol. The van der Waals surface area contributed by atoms with Gasteiger partial charge in [0.15, 0.2) is 0 Å². The molecule has 0 unspecified atom stereocenters. The quantitative estimate of drug-likeness (QED) is 0.817. The lowest BCUT2D eigenvalue weighted by Gasteiger charge is -2.09. The first kappa shape index (κ1) is 12.6. The summed E-state index contributed by atoms with van der Waals surface area (Å²) in [7, 11) is 0.463. The third-order valence-corrected chi connectivity index (χ3v) is 3.06. The van der Waals surface area contributed by atoms with E-state index in [9.17, 15) is 17.2 Å². The van der Waals surface area contributed by atoms with E-state index in [1.165, 1.54) is 6.07 Å². The van der Waals surface area contributed by atoms with Gasteiger partial charge in [0.1, 0.15) is 16.8 Å². The second kappa shape index (κ2) is 4.19. The number of nitrogens with zero attached hydrogens (tertiary/aromatic N) is 2. The number of hydrogen-bond donors (Lipinski definition) is 1. The van der Waals surface area contributed by atoms with Crippen molar-refractivity contribution in [3.05, 3.63) is 17.3 Å². The molecule has 0 spiro atoms. The number of rotatable bonds is 2. The van der Waals surface area contributed by atoms with Crippen LogP contribution in [0.25, 0.3) is 0 Å². The van der Waals surface area contributed by atoms with Gasteiger partial charge in [-0.1, -0.05) is 0 Å². The minimum atomic E-state index is -4.49. The number of nitrogen functional groups attached to an aromatic ring is 1. The molecule has 0 aliphatic heterocycles. The predicted octanol–water partition coefficient (Wildman–Crippen LogP) is 1.40. The Hall–Kier alpha value is -1.46. The number of anilines is 1. The Morgan fingerprint density at radius 2 is 2.12 bits per heavy atom. The van der Waals surface area contributed by atoms with Gasteiger partial charge in [-0.05, 0) is 0 Å². The third-order valence-electron chi connectivity index (χ3n) is 1.68. The molecule has 0 aliphatic rings. The molecule has 16 heavy (non-hydrogen) atoms. The summed E-state index contributed by atoms with van der Waals surface area (Å²) in [5, 5.41) is 8.55. The Kier molecular flexibility index (Phi) is 3.30. The summed E-state index contributed by atoms with van der Waals surface area (Å²) >= 11 is 0. The monoisotopic (exact) mass is 267 g/mol. The summed E-state index contributed by atoms with van der Waals surface area (Å²) in [5.41, 5.74) is 3.55. The highest BCUT2D eigenvalue weighted by Gasteiger charge is 2.28. The van der Waals surface area contributed by atoms with E-state index in [2.05, 4.69) is 4.98 Å². The molecule has 1 aromatic rings. The second-order valence-electron chi connectivity index (χ2n) is 2.65. The Balaban J connectivity index is 3.78. The summed E-state index contributed by atoms with van der Waals surface area (Å²) in [4.78, 5) is 2.31. The van der Waals surface area contributed by atoms with Crippen LogP contribution in [-0.4, -0.2) is 13.4 Å². The van der Waals surface area contributed by atoms with E-state index in [0.717, 1.165) is 6.20 Å². The molecule has 0 fully saturated rings. The van der Waals surface area contributed by atoms with E-state index in [4.69, 9.17) is 21.7 Å². The van der Waals surface area contributed by atoms with Crippen LogP contribution in [-0.2, 0) is 9.05 Å². The van der Waals surface area contributed by atoms with Crippen molar-refractivity contribution in [2.45, 2.75) is 11.3 Å². The molecule has 0 radical (unpaired) electrons. The molecule has 0 aromatic carbocycles. The molecule has 5 nitrogen and oxygen atoms in total. The van der Waals surface area contributed by atoms with Gasteiger partial charge < -0.3 is 5.73 Å². The largest absolute Gasteiger partial charge is 0.383 e. The minimum absolute atomic E-state index is 0.580. The fourth-order valence-electron chi connectivity index (χ4n) is 1.08. The highest BCUT2D eigenvalue weighted by Crippen LogP contribution is 2.34. The molecule has 9 heteroatoms. The van der Waals surface area contributed by atoms with Gasteiger partial charge in [-0.3, -0.25) is 0 Å². The van der Waals surface area contributed by atoms with Crippen LogP contribution in [0.2, 0.25) is 0 Å². The van der Waals surface area contributed by atoms with E-state index >= 15 is 0 Å². The fourth-order valence-corrected chi connectivity index (χ4v) is 2.34. The first-order valence-corrected chi connectivity index (χ1v) is 6.01. The summed E-state index contributed by atoms with van der Waals surface area (Å²) in [6.45, 7) is 0. The SMILES string of the molecule is N#Cc1cnc(N)c(S(=O)(=O)Cl)c1C(F)F. The molecule has 0 saturated carbocycles. The molecule has 1 aromatic heterocycles. The summed E-state index contributed by atoms with van der Waals surface area (Å²) in [5.74, 6) is -0.663. The topological polar surface area (TPSA) is 96.8 Å². The first-order valence-electron chi connectivity index (χ1n) is 3.70. The summed E-state index contributed by atoms with van der Waals surface area (Å²) < 4.78 is 47.4. The maximum absolute atomic E-state index is 12.6. The summed E-state index contributed by atoms with van der Waals surface area (Å²) in [6, 6.07) is 1.40. The van der Waals surface area contributed by atoms with Crippen molar-refractivity contribution in [3.63, 3.8) is 0 Å². The first-order chi connectivity index (χ1) is 7.29. The van der Waals surface area contributed by atoms with Crippen LogP contribution >= 0.6 is 10.7 Å². The van der Waals surface area contributed by atoms with Gasteiger partial charge in [-0.25, -0.2) is 22.2 Å². The molecule has 0 bridgehead atoms. The molecule has 1 heterocycles. The molecule has 0 atom stereocenters.